The predicted molar refractivity (Wildman–Crippen MR) is 104 cm³/mol. The molecule has 0 bridgehead atoms. The van der Waals surface area contributed by atoms with Crippen LogP contribution in [0.2, 0.25) is 0 Å². The molecule has 1 fully saturated rings. The molecule has 0 aliphatic carbocycles. The van der Waals surface area contributed by atoms with Crippen LogP contribution in [0.15, 0.2) is 34.0 Å². The summed E-state index contributed by atoms with van der Waals surface area (Å²) >= 11 is 3.46. The molecular formula is C15H21BrIN5. The fraction of sp³-hybridized carbons (Fsp3) is 0.467. The van der Waals surface area contributed by atoms with Crippen molar-refractivity contribution in [1.29, 1.82) is 0 Å². The molecule has 2 aromatic heterocycles. The first-order chi connectivity index (χ1) is 10.2. The van der Waals surface area contributed by atoms with Crippen molar-refractivity contribution in [3.63, 3.8) is 0 Å². The minimum atomic E-state index is 0. The van der Waals surface area contributed by atoms with E-state index in [1.54, 1.807) is 0 Å². The Hall–Kier alpha value is -0.830. The van der Waals surface area contributed by atoms with Crippen molar-refractivity contribution >= 4 is 51.5 Å². The standard InChI is InChI=1S/C15H20BrN5.HI/c16-12-5-6-14-19-13(11-21(14)10-12)9-18-15(17)20-7-3-1-2-4-8-20;/h5-6,10-11H,1-4,7-9H2,(H2,17,18);1H. The SMILES string of the molecule is I.NC(=NCc1cn2cc(Br)ccc2n1)N1CCCCCC1. The lowest BCUT2D eigenvalue weighted by Gasteiger charge is -2.20. The number of guanidine groups is 1. The highest BCUT2D eigenvalue weighted by Gasteiger charge is 2.11. The fourth-order valence-corrected chi connectivity index (χ4v) is 3.01. The number of nitrogens with two attached hydrogens (primary N) is 1. The Morgan fingerprint density at radius 1 is 1.18 bits per heavy atom. The Morgan fingerprint density at radius 3 is 2.64 bits per heavy atom. The van der Waals surface area contributed by atoms with Gasteiger partial charge in [-0.2, -0.15) is 0 Å². The number of imidazole rings is 1. The van der Waals surface area contributed by atoms with E-state index in [0.29, 0.717) is 12.5 Å². The highest BCUT2D eigenvalue weighted by atomic mass is 127. The molecule has 0 radical (unpaired) electrons. The zero-order valence-electron chi connectivity index (χ0n) is 12.4. The van der Waals surface area contributed by atoms with Gasteiger partial charge in [0.1, 0.15) is 5.65 Å². The van der Waals surface area contributed by atoms with E-state index in [1.165, 1.54) is 25.7 Å². The van der Waals surface area contributed by atoms with Crippen LogP contribution in [0.1, 0.15) is 31.4 Å². The Balaban J connectivity index is 0.00000176. The molecule has 1 aliphatic rings. The minimum Gasteiger partial charge on any atom is -0.370 e. The van der Waals surface area contributed by atoms with Crippen LogP contribution in [0.4, 0.5) is 0 Å². The van der Waals surface area contributed by atoms with Crippen molar-refractivity contribution in [2.75, 3.05) is 13.1 Å². The van der Waals surface area contributed by atoms with Crippen molar-refractivity contribution < 1.29 is 0 Å². The lowest BCUT2D eigenvalue weighted by molar-refractivity contribution is 0.428. The zero-order valence-corrected chi connectivity index (χ0v) is 16.3. The summed E-state index contributed by atoms with van der Waals surface area (Å²) in [6.07, 6.45) is 9.00. The molecule has 1 saturated heterocycles. The van der Waals surface area contributed by atoms with E-state index in [-0.39, 0.29) is 24.0 Å². The Morgan fingerprint density at radius 2 is 1.91 bits per heavy atom. The third kappa shape index (κ3) is 4.34. The van der Waals surface area contributed by atoms with Gasteiger partial charge in [-0.15, -0.1) is 24.0 Å². The summed E-state index contributed by atoms with van der Waals surface area (Å²) in [5.74, 6) is 0.648. The number of nitrogens with zero attached hydrogens (tertiary/aromatic N) is 4. The maximum absolute atomic E-state index is 6.12. The highest BCUT2D eigenvalue weighted by Crippen LogP contribution is 2.13. The monoisotopic (exact) mass is 477 g/mol. The number of pyridine rings is 1. The molecule has 2 N–H and O–H groups in total. The Bertz CT molecular complexity index is 646. The number of aromatic nitrogens is 2. The first kappa shape index (κ1) is 17.5. The molecule has 0 unspecified atom stereocenters. The highest BCUT2D eigenvalue weighted by molar-refractivity contribution is 14.0. The van der Waals surface area contributed by atoms with Gasteiger partial charge in [-0.3, -0.25) is 0 Å². The molecule has 3 heterocycles. The van der Waals surface area contributed by atoms with Crippen LogP contribution >= 0.6 is 39.9 Å². The van der Waals surface area contributed by atoms with Gasteiger partial charge in [0.15, 0.2) is 5.96 Å². The zero-order chi connectivity index (χ0) is 14.7. The first-order valence-electron chi connectivity index (χ1n) is 7.40. The summed E-state index contributed by atoms with van der Waals surface area (Å²) in [7, 11) is 0. The Labute approximate surface area is 156 Å². The molecule has 5 nitrogen and oxygen atoms in total. The number of halogens is 2. The van der Waals surface area contributed by atoms with E-state index in [0.717, 1.165) is 28.9 Å². The van der Waals surface area contributed by atoms with Crippen LogP contribution in [0, 0.1) is 0 Å². The fourth-order valence-electron chi connectivity index (χ4n) is 2.66. The smallest absolute Gasteiger partial charge is 0.191 e. The van der Waals surface area contributed by atoms with Crippen molar-refractivity contribution in [1.82, 2.24) is 14.3 Å². The van der Waals surface area contributed by atoms with Gasteiger partial charge in [-0.25, -0.2) is 9.98 Å². The summed E-state index contributed by atoms with van der Waals surface area (Å²) in [4.78, 5) is 11.3. The van der Waals surface area contributed by atoms with Gasteiger partial charge >= 0.3 is 0 Å². The van der Waals surface area contributed by atoms with Gasteiger partial charge in [0.2, 0.25) is 0 Å². The quantitative estimate of drug-likeness (QED) is 0.409. The number of hydrogen-bond acceptors (Lipinski definition) is 2. The molecule has 22 heavy (non-hydrogen) atoms. The summed E-state index contributed by atoms with van der Waals surface area (Å²) in [6.45, 7) is 2.57. The van der Waals surface area contributed by atoms with Crippen molar-refractivity contribution in [2.45, 2.75) is 32.2 Å². The van der Waals surface area contributed by atoms with E-state index < -0.39 is 0 Å². The Kier molecular flexibility index (Phi) is 6.49. The molecule has 0 spiro atoms. The largest absolute Gasteiger partial charge is 0.370 e. The van der Waals surface area contributed by atoms with E-state index in [1.807, 2.05) is 28.9 Å². The third-order valence-electron chi connectivity index (χ3n) is 3.80. The van der Waals surface area contributed by atoms with E-state index in [9.17, 15) is 0 Å². The lowest BCUT2D eigenvalue weighted by Crippen LogP contribution is -2.38. The molecule has 120 valence electrons. The second kappa shape index (κ2) is 8.14. The molecule has 0 atom stereocenters. The lowest BCUT2D eigenvalue weighted by atomic mass is 10.2. The molecule has 3 rings (SSSR count). The number of rotatable bonds is 2. The maximum atomic E-state index is 6.12. The molecule has 0 aromatic carbocycles. The number of fused-ring (bicyclic) bond motifs is 1. The van der Waals surface area contributed by atoms with E-state index >= 15 is 0 Å². The van der Waals surface area contributed by atoms with Crippen LogP contribution in [0.3, 0.4) is 0 Å². The summed E-state index contributed by atoms with van der Waals surface area (Å²) in [5, 5.41) is 0. The summed E-state index contributed by atoms with van der Waals surface area (Å²) in [6, 6.07) is 3.97. The van der Waals surface area contributed by atoms with Gasteiger partial charge in [0.05, 0.1) is 12.2 Å². The molecule has 1 aliphatic heterocycles. The third-order valence-corrected chi connectivity index (χ3v) is 4.27. The van der Waals surface area contributed by atoms with Gasteiger partial charge < -0.3 is 15.0 Å². The van der Waals surface area contributed by atoms with Gasteiger partial charge in [0.25, 0.3) is 0 Å². The predicted octanol–water partition coefficient (Wildman–Crippen LogP) is 3.41. The summed E-state index contributed by atoms with van der Waals surface area (Å²) in [5.41, 5.74) is 7.98. The van der Waals surface area contributed by atoms with Crippen LogP contribution < -0.4 is 5.73 Å². The molecule has 7 heteroatoms. The first-order valence-corrected chi connectivity index (χ1v) is 8.20. The van der Waals surface area contributed by atoms with Crippen LogP contribution in [-0.2, 0) is 6.54 Å². The van der Waals surface area contributed by atoms with Crippen molar-refractivity contribution in [3.8, 4) is 0 Å². The van der Waals surface area contributed by atoms with Gasteiger partial charge in [-0.1, -0.05) is 12.8 Å². The number of likely N-dealkylation sites (tertiary alicyclic amines) is 1. The van der Waals surface area contributed by atoms with Crippen LogP contribution in [0.25, 0.3) is 5.65 Å². The number of aliphatic imine (C=N–C) groups is 1. The molecule has 0 amide bonds. The minimum absolute atomic E-state index is 0. The average molecular weight is 478 g/mol. The second-order valence-corrected chi connectivity index (χ2v) is 6.34. The maximum Gasteiger partial charge on any atom is 0.191 e. The van der Waals surface area contributed by atoms with Gasteiger partial charge in [-0.05, 0) is 40.9 Å². The second-order valence-electron chi connectivity index (χ2n) is 5.42. The number of hydrogen-bond donors (Lipinski definition) is 1. The topological polar surface area (TPSA) is 58.9 Å². The molecular weight excluding hydrogens is 457 g/mol. The van der Waals surface area contributed by atoms with E-state index in [4.69, 9.17) is 5.73 Å². The van der Waals surface area contributed by atoms with Crippen molar-refractivity contribution in [3.05, 3.63) is 34.7 Å². The summed E-state index contributed by atoms with van der Waals surface area (Å²) < 4.78 is 3.03. The molecule has 2 aromatic rings. The van der Waals surface area contributed by atoms with Crippen LogP contribution in [-0.4, -0.2) is 33.3 Å². The van der Waals surface area contributed by atoms with E-state index in [2.05, 4.69) is 30.8 Å². The molecule has 0 saturated carbocycles. The van der Waals surface area contributed by atoms with Crippen LogP contribution in [0.5, 0.6) is 0 Å². The average Bonchev–Trinajstić information content (AvgIpc) is 2.69. The normalized spacial score (nSPS) is 16.4. The van der Waals surface area contributed by atoms with Gasteiger partial charge in [0, 0.05) is 30.0 Å². The van der Waals surface area contributed by atoms with Crippen molar-refractivity contribution in [2.24, 2.45) is 10.7 Å².